The van der Waals surface area contributed by atoms with Gasteiger partial charge in [-0.05, 0) is 42.3 Å². The number of oxazole rings is 1. The van der Waals surface area contributed by atoms with Gasteiger partial charge in [0.05, 0.1) is 12.1 Å². The highest BCUT2D eigenvalue weighted by Crippen LogP contribution is 2.27. The highest BCUT2D eigenvalue weighted by molar-refractivity contribution is 5.73. The number of carboxylic acids is 1. The molecule has 0 bridgehead atoms. The van der Waals surface area contributed by atoms with E-state index in [1.54, 1.807) is 12.1 Å². The van der Waals surface area contributed by atoms with E-state index >= 15 is 0 Å². The number of hydrogen-bond acceptors (Lipinski definition) is 5. The fourth-order valence-corrected chi connectivity index (χ4v) is 2.43. The monoisotopic (exact) mass is 329 g/mol. The lowest BCUT2D eigenvalue weighted by atomic mass is 10.2. The normalized spacial score (nSPS) is 10.9. The Morgan fingerprint density at radius 3 is 2.75 bits per heavy atom. The maximum Gasteiger partial charge on any atom is 0.420 e. The van der Waals surface area contributed by atoms with Crippen molar-refractivity contribution in [3.05, 3.63) is 58.1 Å². The van der Waals surface area contributed by atoms with E-state index in [1.807, 2.05) is 19.1 Å². The Morgan fingerprint density at radius 1 is 1.25 bits per heavy atom. The number of carbonyl (C=O) groups is 1. The quantitative estimate of drug-likeness (QED) is 0.743. The molecule has 0 saturated heterocycles. The first kappa shape index (κ1) is 15.7. The van der Waals surface area contributed by atoms with Gasteiger partial charge in [-0.25, -0.2) is 9.59 Å². The molecular weight excluding hydrogens is 314 g/mol. The summed E-state index contributed by atoms with van der Waals surface area (Å²) in [6, 6.07) is 9.99. The van der Waals surface area contributed by atoms with Crippen molar-refractivity contribution < 1.29 is 24.2 Å². The summed E-state index contributed by atoms with van der Waals surface area (Å²) in [5.74, 6) is -1.74. The summed E-state index contributed by atoms with van der Waals surface area (Å²) in [6.07, 6.45) is 0. The molecule has 0 radical (unpaired) electrons. The zero-order valence-electron chi connectivity index (χ0n) is 12.9. The van der Waals surface area contributed by atoms with Crippen molar-refractivity contribution in [1.82, 2.24) is 4.57 Å². The third kappa shape index (κ3) is 3.10. The molecule has 2 aromatic carbocycles. The molecule has 0 atom stereocenters. The second-order valence-corrected chi connectivity index (χ2v) is 5.41. The number of benzene rings is 2. The van der Waals surface area contributed by atoms with Crippen LogP contribution in [-0.4, -0.2) is 27.4 Å². The molecule has 3 aromatic rings. The number of aromatic nitrogens is 1. The van der Waals surface area contributed by atoms with Gasteiger partial charge >= 0.3 is 11.7 Å². The molecule has 0 fully saturated rings. The molecular formula is C17H15NO6. The molecule has 2 N–H and O–H groups in total. The Balaban J connectivity index is 1.90. The topological polar surface area (TPSA) is 102 Å². The van der Waals surface area contributed by atoms with E-state index in [-0.39, 0.29) is 18.0 Å². The van der Waals surface area contributed by atoms with Crippen LogP contribution in [0.5, 0.6) is 11.5 Å². The predicted molar refractivity (Wildman–Crippen MR) is 85.6 cm³/mol. The highest BCUT2D eigenvalue weighted by Gasteiger charge is 2.12. The van der Waals surface area contributed by atoms with Crippen LogP contribution in [0.1, 0.15) is 11.1 Å². The minimum Gasteiger partial charge on any atom is -0.504 e. The van der Waals surface area contributed by atoms with Gasteiger partial charge in [-0.1, -0.05) is 12.1 Å². The molecule has 1 aromatic heterocycles. The first-order chi connectivity index (χ1) is 11.4. The maximum absolute atomic E-state index is 12.0. The number of aryl methyl sites for hydroxylation is 1. The number of phenols is 1. The molecule has 124 valence electrons. The lowest BCUT2D eigenvalue weighted by molar-refractivity contribution is -0.139. The van der Waals surface area contributed by atoms with E-state index in [0.29, 0.717) is 16.7 Å². The van der Waals surface area contributed by atoms with E-state index in [4.69, 9.17) is 14.3 Å². The minimum atomic E-state index is -1.13. The third-order valence-electron chi connectivity index (χ3n) is 3.54. The molecule has 0 unspecified atom stereocenters. The molecule has 24 heavy (non-hydrogen) atoms. The number of aliphatic carboxylic acids is 1. The first-order valence-electron chi connectivity index (χ1n) is 7.20. The van der Waals surface area contributed by atoms with Crippen molar-refractivity contribution in [1.29, 1.82) is 0 Å². The predicted octanol–water partition coefficient (Wildman–Crippen LogP) is 2.12. The fourth-order valence-electron chi connectivity index (χ4n) is 2.43. The molecule has 0 saturated carbocycles. The summed E-state index contributed by atoms with van der Waals surface area (Å²) in [7, 11) is 0. The van der Waals surface area contributed by atoms with E-state index in [1.165, 1.54) is 16.7 Å². The van der Waals surface area contributed by atoms with E-state index < -0.39 is 18.3 Å². The summed E-state index contributed by atoms with van der Waals surface area (Å²) in [5.41, 5.74) is 2.82. The number of carboxylic acid groups (broad SMARTS) is 1. The van der Waals surface area contributed by atoms with Crippen molar-refractivity contribution in [3.8, 4) is 11.5 Å². The van der Waals surface area contributed by atoms with Crippen molar-refractivity contribution >= 4 is 17.1 Å². The van der Waals surface area contributed by atoms with Gasteiger partial charge in [0.25, 0.3) is 0 Å². The van der Waals surface area contributed by atoms with E-state index in [0.717, 1.165) is 5.56 Å². The average molecular weight is 329 g/mol. The van der Waals surface area contributed by atoms with Crippen molar-refractivity contribution in [3.63, 3.8) is 0 Å². The van der Waals surface area contributed by atoms with Gasteiger partial charge in [0.2, 0.25) is 0 Å². The van der Waals surface area contributed by atoms with Crippen LogP contribution < -0.4 is 10.5 Å². The molecule has 7 nitrogen and oxygen atoms in total. The van der Waals surface area contributed by atoms with E-state index in [9.17, 15) is 14.7 Å². The second-order valence-electron chi connectivity index (χ2n) is 5.41. The maximum atomic E-state index is 12.0. The van der Waals surface area contributed by atoms with Gasteiger partial charge in [0, 0.05) is 0 Å². The molecule has 0 aliphatic carbocycles. The number of phenolic OH excluding ortho intramolecular Hbond substituents is 1. The number of aromatic hydroxyl groups is 1. The molecule has 7 heteroatoms. The number of nitrogens with zero attached hydrogens (tertiary/aromatic N) is 1. The van der Waals surface area contributed by atoms with Crippen LogP contribution in [0.2, 0.25) is 0 Å². The van der Waals surface area contributed by atoms with Crippen LogP contribution in [0.4, 0.5) is 0 Å². The van der Waals surface area contributed by atoms with Crippen LogP contribution in [0, 0.1) is 6.92 Å². The molecule has 1 heterocycles. The lowest BCUT2D eigenvalue weighted by Crippen LogP contribution is -2.15. The van der Waals surface area contributed by atoms with Crippen LogP contribution in [0.25, 0.3) is 11.1 Å². The largest absolute Gasteiger partial charge is 0.504 e. The summed E-state index contributed by atoms with van der Waals surface area (Å²) >= 11 is 0. The Labute approximate surface area is 136 Å². The number of hydrogen-bond donors (Lipinski definition) is 2. The third-order valence-corrected chi connectivity index (χ3v) is 3.54. The summed E-state index contributed by atoms with van der Waals surface area (Å²) in [4.78, 5) is 22.5. The number of rotatable bonds is 5. The summed E-state index contributed by atoms with van der Waals surface area (Å²) in [5, 5.41) is 18.5. The average Bonchev–Trinajstić information content (AvgIpc) is 2.82. The van der Waals surface area contributed by atoms with Crippen molar-refractivity contribution in [2.75, 3.05) is 6.61 Å². The molecule has 0 spiro atoms. The Kier molecular flexibility index (Phi) is 3.99. The van der Waals surface area contributed by atoms with Gasteiger partial charge in [0.15, 0.2) is 23.7 Å². The van der Waals surface area contributed by atoms with Gasteiger partial charge in [0.1, 0.15) is 0 Å². The second kappa shape index (κ2) is 6.11. The van der Waals surface area contributed by atoms with Gasteiger partial charge in [-0.15, -0.1) is 0 Å². The summed E-state index contributed by atoms with van der Waals surface area (Å²) in [6.45, 7) is 1.59. The zero-order chi connectivity index (χ0) is 17.3. The van der Waals surface area contributed by atoms with Crippen LogP contribution in [0.15, 0.2) is 45.6 Å². The molecule has 0 amide bonds. The van der Waals surface area contributed by atoms with E-state index in [2.05, 4.69) is 0 Å². The van der Waals surface area contributed by atoms with Crippen LogP contribution in [0.3, 0.4) is 0 Å². The Hall–Kier alpha value is -3.22. The van der Waals surface area contributed by atoms with Crippen molar-refractivity contribution in [2.24, 2.45) is 0 Å². The zero-order valence-corrected chi connectivity index (χ0v) is 12.9. The van der Waals surface area contributed by atoms with Gasteiger partial charge < -0.3 is 19.4 Å². The molecule has 0 aliphatic rings. The summed E-state index contributed by atoms with van der Waals surface area (Å²) < 4.78 is 11.6. The molecule has 0 aliphatic heterocycles. The van der Waals surface area contributed by atoms with Crippen LogP contribution >= 0.6 is 0 Å². The highest BCUT2D eigenvalue weighted by atomic mass is 16.5. The standard InChI is InChI=1S/C17H15NO6/c1-10-2-4-14-12(6-10)18(17(22)24-14)8-11-3-5-15(13(19)7-11)23-9-16(20)21/h2-7,19H,8-9H2,1H3,(H,20,21). The van der Waals surface area contributed by atoms with Crippen LogP contribution in [-0.2, 0) is 11.3 Å². The number of ether oxygens (including phenoxy) is 1. The Morgan fingerprint density at radius 2 is 2.04 bits per heavy atom. The molecule has 3 rings (SSSR count). The lowest BCUT2D eigenvalue weighted by Gasteiger charge is -2.08. The van der Waals surface area contributed by atoms with Crippen molar-refractivity contribution in [2.45, 2.75) is 13.5 Å². The minimum absolute atomic E-state index is 0.0707. The fraction of sp³-hybridized carbons (Fsp3) is 0.176. The van der Waals surface area contributed by atoms with Gasteiger partial charge in [-0.2, -0.15) is 0 Å². The first-order valence-corrected chi connectivity index (χ1v) is 7.20. The SMILES string of the molecule is Cc1ccc2oc(=O)n(Cc3ccc(OCC(=O)O)c(O)c3)c2c1. The smallest absolute Gasteiger partial charge is 0.420 e. The Bertz CT molecular complexity index is 969. The van der Waals surface area contributed by atoms with Gasteiger partial charge in [-0.3, -0.25) is 4.57 Å². The number of fused-ring (bicyclic) bond motifs is 1.